The number of nitrogens with zero attached hydrogens (tertiary/aromatic N) is 2. The molecule has 2 rings (SSSR count). The molecule has 0 unspecified atom stereocenters. The molecule has 18 heavy (non-hydrogen) atoms. The second kappa shape index (κ2) is 6.15. The molecule has 0 saturated heterocycles. The first-order valence-electron chi connectivity index (χ1n) is 6.32. The van der Waals surface area contributed by atoms with Gasteiger partial charge in [-0.15, -0.1) is 0 Å². The molecule has 0 bridgehead atoms. The molecule has 0 N–H and O–H groups in total. The molecule has 1 heterocycles. The second-order valence-electron chi connectivity index (χ2n) is 4.45. The number of unbranched alkanes of at least 4 members (excludes halogenated alkanes) is 1. The quantitative estimate of drug-likeness (QED) is 0.576. The number of aryl methyl sites for hydroxylation is 2. The van der Waals surface area contributed by atoms with Gasteiger partial charge in [0.25, 0.3) is 0 Å². The van der Waals surface area contributed by atoms with Gasteiger partial charge in [-0.25, -0.2) is 4.98 Å². The van der Waals surface area contributed by atoms with Crippen LogP contribution in [-0.4, -0.2) is 15.3 Å². The van der Waals surface area contributed by atoms with Crippen LogP contribution in [-0.2, 0) is 13.5 Å². The summed E-state index contributed by atoms with van der Waals surface area (Å²) in [5, 5.41) is 0. The van der Waals surface area contributed by atoms with E-state index in [0.717, 1.165) is 30.7 Å². The van der Waals surface area contributed by atoms with Crippen molar-refractivity contribution in [2.75, 3.05) is 0 Å². The number of carbonyl (C=O) groups is 1. The number of benzene rings is 1. The number of hydrogen-bond acceptors (Lipinski definition) is 2. The van der Waals surface area contributed by atoms with E-state index in [1.165, 1.54) is 0 Å². The fourth-order valence-corrected chi connectivity index (χ4v) is 1.97. The molecule has 0 radical (unpaired) electrons. The topological polar surface area (TPSA) is 34.9 Å². The molecule has 3 heteroatoms. The molecular formula is C15H18N2O. The Bertz CT molecular complexity index is 502. The Labute approximate surface area is 107 Å². The maximum atomic E-state index is 11.9. The van der Waals surface area contributed by atoms with Gasteiger partial charge in [-0.2, -0.15) is 0 Å². The molecule has 0 atom stereocenters. The zero-order valence-electron chi connectivity index (χ0n) is 10.7. The molecule has 1 aromatic heterocycles. The number of rotatable bonds is 6. The molecule has 2 aromatic rings. The zero-order valence-corrected chi connectivity index (χ0v) is 10.7. The van der Waals surface area contributed by atoms with Gasteiger partial charge >= 0.3 is 0 Å². The van der Waals surface area contributed by atoms with Gasteiger partial charge < -0.3 is 4.57 Å². The van der Waals surface area contributed by atoms with E-state index in [9.17, 15) is 4.79 Å². The van der Waals surface area contributed by atoms with E-state index in [2.05, 4.69) is 4.98 Å². The smallest absolute Gasteiger partial charge is 0.162 e. The Morgan fingerprint density at radius 2 is 2.00 bits per heavy atom. The summed E-state index contributed by atoms with van der Waals surface area (Å²) in [4.78, 5) is 16.1. The summed E-state index contributed by atoms with van der Waals surface area (Å²) in [6.07, 6.45) is 7.24. The highest BCUT2D eigenvalue weighted by Gasteiger charge is 2.05. The van der Waals surface area contributed by atoms with Gasteiger partial charge in [0.2, 0.25) is 0 Å². The van der Waals surface area contributed by atoms with Crippen molar-refractivity contribution in [2.45, 2.75) is 25.7 Å². The van der Waals surface area contributed by atoms with E-state index in [4.69, 9.17) is 0 Å². The maximum absolute atomic E-state index is 11.9. The number of aromatic nitrogens is 2. The Morgan fingerprint density at radius 1 is 1.22 bits per heavy atom. The lowest BCUT2D eigenvalue weighted by Gasteiger charge is -2.02. The molecule has 0 amide bonds. The Kier molecular flexibility index (Phi) is 4.29. The van der Waals surface area contributed by atoms with Gasteiger partial charge in [0.15, 0.2) is 5.78 Å². The van der Waals surface area contributed by atoms with Crippen LogP contribution in [0.5, 0.6) is 0 Å². The summed E-state index contributed by atoms with van der Waals surface area (Å²) in [6.45, 7) is 0. The van der Waals surface area contributed by atoms with Crippen LogP contribution in [0.15, 0.2) is 42.7 Å². The van der Waals surface area contributed by atoms with Crippen molar-refractivity contribution in [1.29, 1.82) is 0 Å². The van der Waals surface area contributed by atoms with Gasteiger partial charge in [0.05, 0.1) is 0 Å². The lowest BCUT2D eigenvalue weighted by molar-refractivity contribution is 0.0979. The predicted molar refractivity (Wildman–Crippen MR) is 71.5 cm³/mol. The minimum atomic E-state index is 0.232. The Balaban J connectivity index is 1.73. The summed E-state index contributed by atoms with van der Waals surface area (Å²) in [5.41, 5.74) is 0.814. The van der Waals surface area contributed by atoms with Crippen LogP contribution in [0.3, 0.4) is 0 Å². The number of imidazole rings is 1. The van der Waals surface area contributed by atoms with Crippen LogP contribution in [0.25, 0.3) is 0 Å². The first-order chi connectivity index (χ1) is 8.77. The highest BCUT2D eigenvalue weighted by Crippen LogP contribution is 2.09. The Morgan fingerprint density at radius 3 is 2.67 bits per heavy atom. The van der Waals surface area contributed by atoms with Crippen LogP contribution in [0, 0.1) is 0 Å². The van der Waals surface area contributed by atoms with E-state index < -0.39 is 0 Å². The SMILES string of the molecule is Cn1ccnc1CCCCC(=O)c1ccccc1. The first-order valence-corrected chi connectivity index (χ1v) is 6.32. The number of carbonyl (C=O) groups excluding carboxylic acids is 1. The average molecular weight is 242 g/mol. The fraction of sp³-hybridized carbons (Fsp3) is 0.333. The summed E-state index contributed by atoms with van der Waals surface area (Å²) in [7, 11) is 2.00. The largest absolute Gasteiger partial charge is 0.338 e. The predicted octanol–water partition coefficient (Wildman–Crippen LogP) is 3.02. The maximum Gasteiger partial charge on any atom is 0.162 e. The third-order valence-electron chi connectivity index (χ3n) is 3.07. The molecule has 94 valence electrons. The van der Waals surface area contributed by atoms with E-state index >= 15 is 0 Å². The van der Waals surface area contributed by atoms with Crippen LogP contribution in [0.1, 0.15) is 35.4 Å². The lowest BCUT2D eigenvalue weighted by Crippen LogP contribution is -2.01. The third-order valence-corrected chi connectivity index (χ3v) is 3.07. The van der Waals surface area contributed by atoms with Gasteiger partial charge in [-0.05, 0) is 12.8 Å². The minimum absolute atomic E-state index is 0.232. The molecule has 0 aliphatic rings. The molecule has 0 aliphatic carbocycles. The molecule has 0 saturated carbocycles. The van der Waals surface area contributed by atoms with Gasteiger partial charge in [-0.3, -0.25) is 4.79 Å². The van der Waals surface area contributed by atoms with E-state index in [1.807, 2.05) is 54.3 Å². The molecule has 0 fully saturated rings. The van der Waals surface area contributed by atoms with Crippen molar-refractivity contribution in [3.8, 4) is 0 Å². The van der Waals surface area contributed by atoms with E-state index in [0.29, 0.717) is 6.42 Å². The van der Waals surface area contributed by atoms with E-state index in [1.54, 1.807) is 0 Å². The Hall–Kier alpha value is -1.90. The van der Waals surface area contributed by atoms with Crippen LogP contribution < -0.4 is 0 Å². The molecule has 3 nitrogen and oxygen atoms in total. The number of Topliss-reactive ketones (excluding diaryl/α,β-unsaturated/α-hetero) is 1. The summed E-state index contributed by atoms with van der Waals surface area (Å²) < 4.78 is 2.03. The monoisotopic (exact) mass is 242 g/mol. The van der Waals surface area contributed by atoms with Crippen molar-refractivity contribution in [3.63, 3.8) is 0 Å². The molecule has 1 aromatic carbocycles. The van der Waals surface area contributed by atoms with E-state index in [-0.39, 0.29) is 5.78 Å². The summed E-state index contributed by atoms with van der Waals surface area (Å²) >= 11 is 0. The van der Waals surface area contributed by atoms with Gasteiger partial charge in [0.1, 0.15) is 5.82 Å². The number of ketones is 1. The molecular weight excluding hydrogens is 224 g/mol. The molecule has 0 aliphatic heterocycles. The van der Waals surface area contributed by atoms with Gasteiger partial charge in [-0.1, -0.05) is 30.3 Å². The van der Waals surface area contributed by atoms with Crippen LogP contribution >= 0.6 is 0 Å². The van der Waals surface area contributed by atoms with Gasteiger partial charge in [0, 0.05) is 37.8 Å². The van der Waals surface area contributed by atoms with Crippen molar-refractivity contribution >= 4 is 5.78 Å². The lowest BCUT2D eigenvalue weighted by atomic mass is 10.0. The zero-order chi connectivity index (χ0) is 12.8. The van der Waals surface area contributed by atoms with Crippen molar-refractivity contribution in [1.82, 2.24) is 9.55 Å². The third kappa shape index (κ3) is 3.29. The normalized spacial score (nSPS) is 10.5. The number of hydrogen-bond donors (Lipinski definition) is 0. The van der Waals surface area contributed by atoms with Crippen molar-refractivity contribution in [3.05, 3.63) is 54.1 Å². The van der Waals surface area contributed by atoms with Crippen LogP contribution in [0.4, 0.5) is 0 Å². The average Bonchev–Trinajstić information content (AvgIpc) is 2.81. The fourth-order valence-electron chi connectivity index (χ4n) is 1.97. The first kappa shape index (κ1) is 12.6. The second-order valence-corrected chi connectivity index (χ2v) is 4.45. The highest BCUT2D eigenvalue weighted by atomic mass is 16.1. The van der Waals surface area contributed by atoms with Crippen LogP contribution in [0.2, 0.25) is 0 Å². The van der Waals surface area contributed by atoms with Crippen molar-refractivity contribution < 1.29 is 4.79 Å². The molecule has 0 spiro atoms. The summed E-state index contributed by atoms with van der Waals surface area (Å²) in [6, 6.07) is 9.49. The minimum Gasteiger partial charge on any atom is -0.338 e. The van der Waals surface area contributed by atoms with Crippen molar-refractivity contribution in [2.24, 2.45) is 7.05 Å². The standard InChI is InChI=1S/C15H18N2O/c1-17-12-11-16-15(17)10-6-5-9-14(18)13-7-3-2-4-8-13/h2-4,7-8,11-12H,5-6,9-10H2,1H3. The summed E-state index contributed by atoms with van der Waals surface area (Å²) in [5.74, 6) is 1.32. The highest BCUT2D eigenvalue weighted by molar-refractivity contribution is 5.95.